The number of nitrogens with zero attached hydrogens (tertiary/aromatic N) is 2. The van der Waals surface area contributed by atoms with Crippen LogP contribution in [0.2, 0.25) is 5.02 Å². The fraction of sp³-hybridized carbons (Fsp3) is 0.0769. The second kappa shape index (κ2) is 5.10. The number of rotatable bonds is 3. The first-order chi connectivity index (χ1) is 8.83. The molecule has 0 aliphatic heterocycles. The Bertz CT molecular complexity index is 681. The van der Waals surface area contributed by atoms with Gasteiger partial charge in [-0.2, -0.15) is 0 Å². The van der Waals surface area contributed by atoms with Crippen molar-refractivity contribution in [3.63, 3.8) is 0 Å². The quantitative estimate of drug-likeness (QED) is 0.753. The number of halogens is 1. The van der Waals surface area contributed by atoms with E-state index in [4.69, 9.17) is 11.6 Å². The number of fused-ring (bicyclic) bond motifs is 1. The Hall–Kier alpha value is -1.35. The topological polar surface area (TPSA) is 37.8 Å². The fourth-order valence-electron chi connectivity index (χ4n) is 1.79. The first kappa shape index (κ1) is 11.7. The molecule has 0 saturated heterocycles. The van der Waals surface area contributed by atoms with Crippen molar-refractivity contribution in [2.75, 3.05) is 5.32 Å². The van der Waals surface area contributed by atoms with Gasteiger partial charge in [0.1, 0.15) is 0 Å². The maximum absolute atomic E-state index is 5.96. The monoisotopic (exact) mass is 323 g/mol. The van der Waals surface area contributed by atoms with Crippen molar-refractivity contribution in [2.24, 2.45) is 0 Å². The van der Waals surface area contributed by atoms with Crippen LogP contribution >= 0.6 is 11.6 Å². The van der Waals surface area contributed by atoms with Crippen molar-refractivity contribution in [3.05, 3.63) is 53.1 Å². The SMILES string of the molecule is Clc1cccc(CNc2cccc3n[se]nc23)c1. The van der Waals surface area contributed by atoms with Gasteiger partial charge in [0.15, 0.2) is 0 Å². The Morgan fingerprint density at radius 2 is 2.00 bits per heavy atom. The third-order valence-corrected chi connectivity index (χ3v) is 4.03. The average Bonchev–Trinajstić information content (AvgIpc) is 2.85. The number of anilines is 1. The van der Waals surface area contributed by atoms with Gasteiger partial charge in [-0.3, -0.25) is 0 Å². The third kappa shape index (κ3) is 2.41. The normalized spacial score (nSPS) is 10.7. The van der Waals surface area contributed by atoms with Gasteiger partial charge in [-0.05, 0) is 0 Å². The summed E-state index contributed by atoms with van der Waals surface area (Å²) in [6.07, 6.45) is 0. The molecule has 0 saturated carbocycles. The Morgan fingerprint density at radius 1 is 1.11 bits per heavy atom. The van der Waals surface area contributed by atoms with Gasteiger partial charge < -0.3 is 0 Å². The summed E-state index contributed by atoms with van der Waals surface area (Å²) in [5.74, 6) is 0. The summed E-state index contributed by atoms with van der Waals surface area (Å²) in [7, 11) is 0. The number of benzene rings is 2. The van der Waals surface area contributed by atoms with Gasteiger partial charge in [-0.25, -0.2) is 0 Å². The number of hydrogen-bond acceptors (Lipinski definition) is 3. The van der Waals surface area contributed by atoms with Crippen LogP contribution in [0.25, 0.3) is 11.0 Å². The first-order valence-electron chi connectivity index (χ1n) is 5.52. The van der Waals surface area contributed by atoms with Crippen LogP contribution in [-0.4, -0.2) is 22.9 Å². The third-order valence-electron chi connectivity index (χ3n) is 2.66. The van der Waals surface area contributed by atoms with Crippen LogP contribution in [0.4, 0.5) is 5.69 Å². The minimum absolute atomic E-state index is 0.0101. The molecule has 3 nitrogen and oxygen atoms in total. The molecular weight excluding hydrogens is 313 g/mol. The van der Waals surface area contributed by atoms with Crippen molar-refractivity contribution < 1.29 is 0 Å². The van der Waals surface area contributed by atoms with Gasteiger partial charge in [-0.1, -0.05) is 0 Å². The van der Waals surface area contributed by atoms with Crippen LogP contribution < -0.4 is 5.32 Å². The number of nitrogens with one attached hydrogen (secondary N) is 1. The molecule has 18 heavy (non-hydrogen) atoms. The summed E-state index contributed by atoms with van der Waals surface area (Å²) in [4.78, 5) is 0. The van der Waals surface area contributed by atoms with Gasteiger partial charge >= 0.3 is 116 Å². The van der Waals surface area contributed by atoms with Crippen molar-refractivity contribution in [2.45, 2.75) is 6.54 Å². The fourth-order valence-corrected chi connectivity index (χ4v) is 3.16. The maximum atomic E-state index is 5.96. The van der Waals surface area contributed by atoms with E-state index in [9.17, 15) is 0 Å². The van der Waals surface area contributed by atoms with E-state index in [0.717, 1.165) is 33.9 Å². The Morgan fingerprint density at radius 3 is 2.89 bits per heavy atom. The molecular formula is C13H10ClN3Se. The molecule has 0 aliphatic rings. The molecule has 0 bridgehead atoms. The number of hydrogen-bond donors (Lipinski definition) is 1. The summed E-state index contributed by atoms with van der Waals surface area (Å²) < 4.78 is 8.80. The Labute approximate surface area is 116 Å². The molecule has 0 atom stereocenters. The summed E-state index contributed by atoms with van der Waals surface area (Å²) in [5.41, 5.74) is 4.17. The van der Waals surface area contributed by atoms with Crippen LogP contribution in [0, 0.1) is 0 Å². The predicted octanol–water partition coefficient (Wildman–Crippen LogP) is 2.95. The first-order valence-corrected chi connectivity index (χ1v) is 7.43. The Kier molecular flexibility index (Phi) is 3.32. The van der Waals surface area contributed by atoms with Gasteiger partial charge in [0.25, 0.3) is 0 Å². The number of aromatic nitrogens is 2. The summed E-state index contributed by atoms with van der Waals surface area (Å²) >= 11 is 5.97. The van der Waals surface area contributed by atoms with E-state index in [-0.39, 0.29) is 15.0 Å². The van der Waals surface area contributed by atoms with Crippen LogP contribution in [0.5, 0.6) is 0 Å². The van der Waals surface area contributed by atoms with Gasteiger partial charge in [0.05, 0.1) is 0 Å². The van der Waals surface area contributed by atoms with E-state index in [0.29, 0.717) is 0 Å². The zero-order valence-electron chi connectivity index (χ0n) is 9.43. The zero-order valence-corrected chi connectivity index (χ0v) is 11.9. The van der Waals surface area contributed by atoms with Gasteiger partial charge in [0.2, 0.25) is 0 Å². The molecule has 0 aliphatic carbocycles. The van der Waals surface area contributed by atoms with Crippen LogP contribution in [0.1, 0.15) is 5.56 Å². The van der Waals surface area contributed by atoms with E-state index in [2.05, 4.69) is 13.3 Å². The van der Waals surface area contributed by atoms with Crippen molar-refractivity contribution in [1.82, 2.24) is 7.96 Å². The molecule has 1 N–H and O–H groups in total. The average molecular weight is 323 g/mol. The Balaban J connectivity index is 1.83. The van der Waals surface area contributed by atoms with E-state index < -0.39 is 0 Å². The molecule has 0 unspecified atom stereocenters. The van der Waals surface area contributed by atoms with Crippen molar-refractivity contribution in [3.8, 4) is 0 Å². The molecule has 1 aromatic heterocycles. The van der Waals surface area contributed by atoms with Crippen molar-refractivity contribution >= 4 is 43.3 Å². The molecule has 0 spiro atoms. The van der Waals surface area contributed by atoms with Gasteiger partial charge in [-0.15, -0.1) is 0 Å². The molecule has 90 valence electrons. The summed E-state index contributed by atoms with van der Waals surface area (Å²) in [6, 6.07) is 13.9. The molecule has 5 heteroatoms. The summed E-state index contributed by atoms with van der Waals surface area (Å²) in [6.45, 7) is 0.736. The van der Waals surface area contributed by atoms with E-state index in [1.54, 1.807) is 0 Å². The molecule has 0 radical (unpaired) electrons. The van der Waals surface area contributed by atoms with Crippen LogP contribution in [0.15, 0.2) is 42.5 Å². The van der Waals surface area contributed by atoms with Crippen LogP contribution in [-0.2, 0) is 6.54 Å². The molecule has 0 fully saturated rings. The summed E-state index contributed by atoms with van der Waals surface area (Å²) in [5, 5.41) is 4.15. The minimum atomic E-state index is 0.0101. The van der Waals surface area contributed by atoms with Crippen molar-refractivity contribution in [1.29, 1.82) is 0 Å². The zero-order chi connectivity index (χ0) is 12.4. The second-order valence-electron chi connectivity index (χ2n) is 3.92. The standard InChI is InChI=1S/C13H10ClN3Se/c14-10-4-1-3-9(7-10)8-15-11-5-2-6-12-13(11)17-18-16-12/h1-7,15H,8H2. The van der Waals surface area contributed by atoms with E-state index in [1.165, 1.54) is 0 Å². The van der Waals surface area contributed by atoms with E-state index in [1.807, 2.05) is 42.5 Å². The van der Waals surface area contributed by atoms with Crippen LogP contribution in [0.3, 0.4) is 0 Å². The van der Waals surface area contributed by atoms with E-state index >= 15 is 0 Å². The molecule has 2 aromatic carbocycles. The predicted molar refractivity (Wildman–Crippen MR) is 75.3 cm³/mol. The molecule has 3 aromatic rings. The molecule has 3 rings (SSSR count). The molecule has 1 heterocycles. The van der Waals surface area contributed by atoms with Gasteiger partial charge in [0, 0.05) is 0 Å². The molecule has 0 amide bonds. The second-order valence-corrected chi connectivity index (χ2v) is 5.47.